The fourth-order valence-corrected chi connectivity index (χ4v) is 3.54. The van der Waals surface area contributed by atoms with Gasteiger partial charge in [-0.25, -0.2) is 4.99 Å². The van der Waals surface area contributed by atoms with Crippen LogP contribution in [0, 0.1) is 0 Å². The lowest BCUT2D eigenvalue weighted by atomic mass is 10.1. The average Bonchev–Trinajstić information content (AvgIpc) is 3.08. The molecule has 1 atom stereocenters. The van der Waals surface area contributed by atoms with Gasteiger partial charge < -0.3 is 20.2 Å². The van der Waals surface area contributed by atoms with Crippen molar-refractivity contribution in [3.8, 4) is 0 Å². The standard InChI is InChI=1S/C20H33N5O.HI/c1-3-21-20(25-9-8-19(26)16-25)22-14-17-4-6-18(7-5-17)15-24-12-10-23(2)11-13-24;/h4-7,19,26H,3,8-16H2,1-2H3,(H,21,22);1H/t19-;/m1./s1. The molecule has 0 bridgehead atoms. The minimum atomic E-state index is -0.229. The molecule has 0 radical (unpaired) electrons. The minimum Gasteiger partial charge on any atom is -0.391 e. The molecule has 0 aliphatic carbocycles. The van der Waals surface area contributed by atoms with Gasteiger partial charge in [-0.2, -0.15) is 0 Å². The summed E-state index contributed by atoms with van der Waals surface area (Å²) in [5.74, 6) is 0.908. The van der Waals surface area contributed by atoms with Crippen molar-refractivity contribution in [2.45, 2.75) is 32.5 Å². The summed E-state index contributed by atoms with van der Waals surface area (Å²) >= 11 is 0. The third kappa shape index (κ3) is 6.89. The van der Waals surface area contributed by atoms with Crippen molar-refractivity contribution in [2.75, 3.05) is 52.9 Å². The highest BCUT2D eigenvalue weighted by Crippen LogP contribution is 2.12. The predicted octanol–water partition coefficient (Wildman–Crippen LogP) is 1.58. The van der Waals surface area contributed by atoms with E-state index in [4.69, 9.17) is 4.99 Å². The highest BCUT2D eigenvalue weighted by molar-refractivity contribution is 14.0. The van der Waals surface area contributed by atoms with Crippen LogP contribution >= 0.6 is 24.0 Å². The van der Waals surface area contributed by atoms with Gasteiger partial charge in [0.2, 0.25) is 0 Å². The molecule has 7 heteroatoms. The average molecular weight is 487 g/mol. The summed E-state index contributed by atoms with van der Waals surface area (Å²) < 4.78 is 0. The van der Waals surface area contributed by atoms with Gasteiger partial charge in [-0.15, -0.1) is 24.0 Å². The first-order valence-electron chi connectivity index (χ1n) is 9.84. The molecular formula is C20H34IN5O. The first-order chi connectivity index (χ1) is 12.6. The summed E-state index contributed by atoms with van der Waals surface area (Å²) in [6, 6.07) is 8.85. The fraction of sp³-hybridized carbons (Fsp3) is 0.650. The number of likely N-dealkylation sites (N-methyl/N-ethyl adjacent to an activating group) is 1. The number of aliphatic hydroxyl groups is 1. The summed E-state index contributed by atoms with van der Waals surface area (Å²) in [5, 5.41) is 13.1. The fourth-order valence-electron chi connectivity index (χ4n) is 3.54. The molecule has 0 amide bonds. The van der Waals surface area contributed by atoms with Gasteiger partial charge in [-0.1, -0.05) is 24.3 Å². The maximum atomic E-state index is 9.75. The van der Waals surface area contributed by atoms with Crippen molar-refractivity contribution in [3.05, 3.63) is 35.4 Å². The maximum Gasteiger partial charge on any atom is 0.194 e. The van der Waals surface area contributed by atoms with Crippen LogP contribution in [0.1, 0.15) is 24.5 Å². The Bertz CT molecular complexity index is 587. The van der Waals surface area contributed by atoms with E-state index in [1.165, 1.54) is 11.1 Å². The minimum absolute atomic E-state index is 0. The number of aliphatic hydroxyl groups excluding tert-OH is 1. The van der Waals surface area contributed by atoms with Crippen LogP contribution in [0.5, 0.6) is 0 Å². The van der Waals surface area contributed by atoms with E-state index in [9.17, 15) is 5.11 Å². The Morgan fingerprint density at radius 2 is 1.78 bits per heavy atom. The molecule has 2 fully saturated rings. The number of piperazine rings is 1. The van der Waals surface area contributed by atoms with Crippen LogP contribution in [0.15, 0.2) is 29.3 Å². The van der Waals surface area contributed by atoms with Crippen molar-refractivity contribution >= 4 is 29.9 Å². The molecular weight excluding hydrogens is 453 g/mol. The molecule has 27 heavy (non-hydrogen) atoms. The monoisotopic (exact) mass is 487 g/mol. The van der Waals surface area contributed by atoms with Crippen molar-refractivity contribution < 1.29 is 5.11 Å². The van der Waals surface area contributed by atoms with E-state index in [2.05, 4.69) is 58.3 Å². The molecule has 2 aliphatic rings. The smallest absolute Gasteiger partial charge is 0.194 e. The Morgan fingerprint density at radius 1 is 1.11 bits per heavy atom. The highest BCUT2D eigenvalue weighted by atomic mass is 127. The largest absolute Gasteiger partial charge is 0.391 e. The number of benzene rings is 1. The Hall–Kier alpha value is -0.900. The van der Waals surface area contributed by atoms with Gasteiger partial charge in [-0.05, 0) is 31.5 Å². The zero-order valence-corrected chi connectivity index (χ0v) is 18.9. The second kappa shape index (κ2) is 11.2. The maximum absolute atomic E-state index is 9.75. The number of β-amino-alcohol motifs (C(OH)–C–C–N with tert-alkyl or cyclic N) is 1. The third-order valence-corrected chi connectivity index (χ3v) is 5.23. The van der Waals surface area contributed by atoms with E-state index < -0.39 is 0 Å². The SMILES string of the molecule is CCNC(=NCc1ccc(CN2CCN(C)CC2)cc1)N1CC[C@@H](O)C1.I. The number of halogens is 1. The number of hydrogen-bond acceptors (Lipinski definition) is 4. The van der Waals surface area contributed by atoms with Gasteiger partial charge in [0.25, 0.3) is 0 Å². The molecule has 2 heterocycles. The number of nitrogens with one attached hydrogen (secondary N) is 1. The molecule has 1 aromatic rings. The van der Waals surface area contributed by atoms with Gasteiger partial charge in [0.1, 0.15) is 0 Å². The Balaban J connectivity index is 0.00000261. The first-order valence-corrected chi connectivity index (χ1v) is 9.84. The molecule has 0 aromatic heterocycles. The van der Waals surface area contributed by atoms with Crippen molar-refractivity contribution in [2.24, 2.45) is 4.99 Å². The molecule has 1 aromatic carbocycles. The summed E-state index contributed by atoms with van der Waals surface area (Å²) in [6.45, 7) is 10.8. The van der Waals surface area contributed by atoms with Crippen LogP contribution in [-0.4, -0.2) is 84.7 Å². The number of likely N-dealkylation sites (tertiary alicyclic amines) is 1. The van der Waals surface area contributed by atoms with E-state index in [0.717, 1.165) is 58.2 Å². The van der Waals surface area contributed by atoms with Crippen molar-refractivity contribution in [1.82, 2.24) is 20.0 Å². The lowest BCUT2D eigenvalue weighted by Gasteiger charge is -2.32. The normalized spacial score (nSPS) is 22.0. The van der Waals surface area contributed by atoms with E-state index >= 15 is 0 Å². The Morgan fingerprint density at radius 3 is 2.37 bits per heavy atom. The molecule has 6 nitrogen and oxygen atoms in total. The van der Waals surface area contributed by atoms with E-state index in [1.54, 1.807) is 0 Å². The topological polar surface area (TPSA) is 54.3 Å². The van der Waals surface area contributed by atoms with Gasteiger partial charge in [0.05, 0.1) is 12.6 Å². The molecule has 2 N–H and O–H groups in total. The summed E-state index contributed by atoms with van der Waals surface area (Å²) in [6.07, 6.45) is 0.596. The van der Waals surface area contributed by atoms with Gasteiger partial charge in [0, 0.05) is 52.4 Å². The van der Waals surface area contributed by atoms with E-state index in [1.807, 2.05) is 0 Å². The van der Waals surface area contributed by atoms with Crippen LogP contribution < -0.4 is 5.32 Å². The van der Waals surface area contributed by atoms with Crippen LogP contribution in [0.4, 0.5) is 0 Å². The molecule has 0 unspecified atom stereocenters. The number of aliphatic imine (C=N–C) groups is 1. The second-order valence-electron chi connectivity index (χ2n) is 7.45. The Labute approximate surface area is 180 Å². The predicted molar refractivity (Wildman–Crippen MR) is 122 cm³/mol. The quantitative estimate of drug-likeness (QED) is 0.376. The van der Waals surface area contributed by atoms with Crippen LogP contribution in [-0.2, 0) is 13.1 Å². The number of guanidine groups is 1. The molecule has 0 spiro atoms. The lowest BCUT2D eigenvalue weighted by molar-refractivity contribution is 0.148. The van der Waals surface area contributed by atoms with Gasteiger partial charge in [0.15, 0.2) is 5.96 Å². The van der Waals surface area contributed by atoms with Crippen molar-refractivity contribution in [1.29, 1.82) is 0 Å². The van der Waals surface area contributed by atoms with Gasteiger partial charge in [-0.3, -0.25) is 4.90 Å². The van der Waals surface area contributed by atoms with E-state index in [0.29, 0.717) is 13.1 Å². The summed E-state index contributed by atoms with van der Waals surface area (Å²) in [5.41, 5.74) is 2.60. The summed E-state index contributed by atoms with van der Waals surface area (Å²) in [4.78, 5) is 11.8. The van der Waals surface area contributed by atoms with E-state index in [-0.39, 0.29) is 30.1 Å². The van der Waals surface area contributed by atoms with Gasteiger partial charge >= 0.3 is 0 Å². The molecule has 0 saturated carbocycles. The number of rotatable bonds is 5. The number of hydrogen-bond donors (Lipinski definition) is 2. The second-order valence-corrected chi connectivity index (χ2v) is 7.45. The third-order valence-electron chi connectivity index (χ3n) is 5.23. The van der Waals surface area contributed by atoms with Crippen LogP contribution in [0.3, 0.4) is 0 Å². The zero-order chi connectivity index (χ0) is 18.4. The van der Waals surface area contributed by atoms with Crippen molar-refractivity contribution in [3.63, 3.8) is 0 Å². The molecule has 2 aliphatic heterocycles. The van der Waals surface area contributed by atoms with Crippen LogP contribution in [0.2, 0.25) is 0 Å². The molecule has 2 saturated heterocycles. The Kier molecular flexibility index (Phi) is 9.28. The number of nitrogens with zero attached hydrogens (tertiary/aromatic N) is 4. The molecule has 152 valence electrons. The summed E-state index contributed by atoms with van der Waals surface area (Å²) in [7, 11) is 2.19. The zero-order valence-electron chi connectivity index (χ0n) is 16.6. The van der Waals surface area contributed by atoms with Crippen LogP contribution in [0.25, 0.3) is 0 Å². The highest BCUT2D eigenvalue weighted by Gasteiger charge is 2.22. The first kappa shape index (κ1) is 22.4. The lowest BCUT2D eigenvalue weighted by Crippen LogP contribution is -2.43. The molecule has 3 rings (SSSR count).